The maximum Gasteiger partial charge on any atom is 0.387 e. The first-order valence-corrected chi connectivity index (χ1v) is 9.66. The number of carbonyl (C=O) groups is 1. The van der Waals surface area contributed by atoms with Crippen LogP contribution in [0.4, 0.5) is 38.3 Å². The second-order valence-corrected chi connectivity index (χ2v) is 6.88. The number of aromatic amines is 1. The van der Waals surface area contributed by atoms with Crippen molar-refractivity contribution in [2.24, 2.45) is 0 Å². The first kappa shape index (κ1) is 22.8. The summed E-state index contributed by atoms with van der Waals surface area (Å²) in [6.07, 6.45) is 0. The second-order valence-electron chi connectivity index (χ2n) is 6.88. The largest absolute Gasteiger partial charge is 0.489 e. The molecule has 0 aliphatic heterocycles. The van der Waals surface area contributed by atoms with E-state index < -0.39 is 30.1 Å². The van der Waals surface area contributed by atoms with Crippen molar-refractivity contribution in [2.45, 2.75) is 13.2 Å². The van der Waals surface area contributed by atoms with Crippen LogP contribution < -0.4 is 20.1 Å². The summed E-state index contributed by atoms with van der Waals surface area (Å²) in [5.74, 6) is -3.23. The van der Waals surface area contributed by atoms with Crippen LogP contribution in [-0.4, -0.2) is 22.8 Å². The van der Waals surface area contributed by atoms with Gasteiger partial charge in [-0.2, -0.15) is 13.9 Å². The first-order valence-electron chi connectivity index (χ1n) is 9.66. The molecule has 34 heavy (non-hydrogen) atoms. The predicted octanol–water partition coefficient (Wildman–Crippen LogP) is 5.80. The average molecular weight is 478 g/mol. The Labute approximate surface area is 188 Å². The molecule has 12 heteroatoms. The van der Waals surface area contributed by atoms with Gasteiger partial charge in [-0.3, -0.25) is 10.4 Å². The lowest BCUT2D eigenvalue weighted by molar-refractivity contribution is -0.0493. The van der Waals surface area contributed by atoms with Gasteiger partial charge in [-0.05, 0) is 30.3 Å². The Morgan fingerprint density at radius 1 is 0.971 bits per heavy atom. The number of halogens is 5. The highest BCUT2D eigenvalue weighted by molar-refractivity contribution is 6.05. The van der Waals surface area contributed by atoms with Crippen LogP contribution in [0.25, 0.3) is 10.9 Å². The van der Waals surface area contributed by atoms with Gasteiger partial charge in [-0.25, -0.2) is 18.0 Å². The van der Waals surface area contributed by atoms with Crippen LogP contribution in [0.3, 0.4) is 0 Å². The summed E-state index contributed by atoms with van der Waals surface area (Å²) in [6.45, 7) is -3.41. The molecule has 0 aliphatic carbocycles. The van der Waals surface area contributed by atoms with E-state index in [9.17, 15) is 26.7 Å². The maximum absolute atomic E-state index is 13.8. The highest BCUT2D eigenvalue weighted by Crippen LogP contribution is 2.28. The molecule has 0 saturated carbocycles. The van der Waals surface area contributed by atoms with Crippen molar-refractivity contribution in [2.75, 3.05) is 10.6 Å². The minimum atomic E-state index is -3.06. The SMILES string of the molecule is O=C(Nc1ccccc1OC(F)F)Nc1n[nH]c2cc(OCc3cc(F)c(F)cc3F)ccc12. The van der Waals surface area contributed by atoms with E-state index in [0.29, 0.717) is 23.0 Å². The number of rotatable bonds is 7. The van der Waals surface area contributed by atoms with Crippen molar-refractivity contribution in [1.29, 1.82) is 0 Å². The van der Waals surface area contributed by atoms with Gasteiger partial charge in [0.2, 0.25) is 0 Å². The second kappa shape index (κ2) is 9.65. The molecule has 0 radical (unpaired) electrons. The van der Waals surface area contributed by atoms with E-state index in [2.05, 4.69) is 25.6 Å². The fourth-order valence-corrected chi connectivity index (χ4v) is 3.05. The fraction of sp³-hybridized carbons (Fsp3) is 0.0909. The number of ether oxygens (including phenoxy) is 2. The quantitative estimate of drug-likeness (QED) is 0.231. The Balaban J connectivity index is 1.43. The Morgan fingerprint density at radius 3 is 2.53 bits per heavy atom. The summed E-state index contributed by atoms with van der Waals surface area (Å²) in [6, 6.07) is 10.6. The number of urea groups is 1. The number of nitrogens with one attached hydrogen (secondary N) is 3. The van der Waals surface area contributed by atoms with Crippen LogP contribution >= 0.6 is 0 Å². The van der Waals surface area contributed by atoms with Gasteiger partial charge in [-0.1, -0.05) is 12.1 Å². The van der Waals surface area contributed by atoms with Crippen LogP contribution in [0.2, 0.25) is 0 Å². The van der Waals surface area contributed by atoms with Gasteiger partial charge < -0.3 is 14.8 Å². The van der Waals surface area contributed by atoms with Gasteiger partial charge in [0.05, 0.1) is 11.2 Å². The van der Waals surface area contributed by atoms with Crippen molar-refractivity contribution in [3.63, 3.8) is 0 Å². The first-order chi connectivity index (χ1) is 16.3. The van der Waals surface area contributed by atoms with Crippen molar-refractivity contribution < 1.29 is 36.2 Å². The molecule has 0 unspecified atom stereocenters. The van der Waals surface area contributed by atoms with E-state index in [-0.39, 0.29) is 35.2 Å². The molecule has 4 rings (SSSR count). The number of alkyl halides is 2. The standard InChI is InChI=1S/C22H15F5N4O3/c23-14-9-16(25)15(24)7-11(14)10-33-12-5-6-13-18(8-12)30-31-20(13)29-22(32)28-17-3-1-2-4-19(17)34-21(26)27/h1-9,21H,10H2,(H3,28,29,30,31,32). The monoisotopic (exact) mass is 478 g/mol. The molecule has 1 heterocycles. The number of anilines is 2. The zero-order valence-electron chi connectivity index (χ0n) is 17.0. The topological polar surface area (TPSA) is 88.3 Å². The normalized spacial score (nSPS) is 11.0. The van der Waals surface area contributed by atoms with Crippen LogP contribution in [0.15, 0.2) is 54.6 Å². The average Bonchev–Trinajstić information content (AvgIpc) is 3.18. The van der Waals surface area contributed by atoms with Crippen LogP contribution in [0.1, 0.15) is 5.56 Å². The lowest BCUT2D eigenvalue weighted by Crippen LogP contribution is -2.20. The van der Waals surface area contributed by atoms with Gasteiger partial charge in [0.25, 0.3) is 0 Å². The highest BCUT2D eigenvalue weighted by Gasteiger charge is 2.15. The van der Waals surface area contributed by atoms with Gasteiger partial charge in [0.15, 0.2) is 17.5 Å². The summed E-state index contributed by atoms with van der Waals surface area (Å²) >= 11 is 0. The summed E-state index contributed by atoms with van der Waals surface area (Å²) in [5.41, 5.74) is 0.305. The molecule has 0 bridgehead atoms. The molecular formula is C22H15F5N4O3. The number of hydrogen-bond donors (Lipinski definition) is 3. The van der Waals surface area contributed by atoms with E-state index in [1.54, 1.807) is 6.07 Å². The molecule has 0 fully saturated rings. The van der Waals surface area contributed by atoms with E-state index in [1.807, 2.05) is 0 Å². The van der Waals surface area contributed by atoms with Gasteiger partial charge in [0, 0.05) is 23.1 Å². The Bertz CT molecular complexity index is 1350. The van der Waals surface area contributed by atoms with Crippen molar-refractivity contribution in [3.05, 3.63) is 77.6 Å². The molecule has 1 aromatic heterocycles. The Morgan fingerprint density at radius 2 is 1.74 bits per heavy atom. The van der Waals surface area contributed by atoms with Gasteiger partial charge >= 0.3 is 12.6 Å². The molecule has 2 amide bonds. The van der Waals surface area contributed by atoms with Crippen LogP contribution in [0.5, 0.6) is 11.5 Å². The van der Waals surface area contributed by atoms with Crippen LogP contribution in [0, 0.1) is 17.5 Å². The summed E-state index contributed by atoms with van der Waals surface area (Å²) in [5, 5.41) is 12.0. The lowest BCUT2D eigenvalue weighted by atomic mass is 10.2. The number of nitrogens with zero attached hydrogens (tertiary/aromatic N) is 1. The third kappa shape index (κ3) is 5.17. The Hall–Kier alpha value is -4.35. The van der Waals surface area contributed by atoms with Crippen LogP contribution in [-0.2, 0) is 6.61 Å². The third-order valence-corrected chi connectivity index (χ3v) is 4.60. The Kier molecular flexibility index (Phi) is 6.48. The maximum atomic E-state index is 13.8. The summed E-state index contributed by atoms with van der Waals surface area (Å²) in [4.78, 5) is 12.3. The van der Waals surface area contributed by atoms with E-state index in [4.69, 9.17) is 4.74 Å². The zero-order valence-corrected chi connectivity index (χ0v) is 17.0. The van der Waals surface area contributed by atoms with E-state index in [1.165, 1.54) is 36.4 Å². The molecule has 0 aliphatic rings. The number of aromatic nitrogens is 2. The van der Waals surface area contributed by atoms with E-state index in [0.717, 1.165) is 0 Å². The number of H-pyrrole nitrogens is 1. The predicted molar refractivity (Wildman–Crippen MR) is 112 cm³/mol. The number of carbonyl (C=O) groups excluding carboxylic acids is 1. The number of para-hydroxylation sites is 2. The molecule has 3 N–H and O–H groups in total. The zero-order chi connectivity index (χ0) is 24.2. The smallest absolute Gasteiger partial charge is 0.387 e. The van der Waals surface area contributed by atoms with E-state index >= 15 is 0 Å². The van der Waals surface area contributed by atoms with Gasteiger partial charge in [-0.15, -0.1) is 0 Å². The van der Waals surface area contributed by atoms with Crippen molar-refractivity contribution >= 4 is 28.4 Å². The minimum Gasteiger partial charge on any atom is -0.489 e. The van der Waals surface area contributed by atoms with Gasteiger partial charge in [0.1, 0.15) is 23.9 Å². The number of hydrogen-bond acceptors (Lipinski definition) is 4. The van der Waals surface area contributed by atoms with Crippen molar-refractivity contribution in [1.82, 2.24) is 10.2 Å². The number of benzene rings is 3. The third-order valence-electron chi connectivity index (χ3n) is 4.60. The molecule has 4 aromatic rings. The molecular weight excluding hydrogens is 463 g/mol. The highest BCUT2D eigenvalue weighted by atomic mass is 19.3. The molecule has 0 atom stereocenters. The summed E-state index contributed by atoms with van der Waals surface area (Å²) < 4.78 is 75.0. The molecule has 0 saturated heterocycles. The molecule has 7 nitrogen and oxygen atoms in total. The molecule has 3 aromatic carbocycles. The minimum absolute atomic E-state index is 0.0280. The molecule has 0 spiro atoms. The van der Waals surface area contributed by atoms with Crippen molar-refractivity contribution in [3.8, 4) is 11.5 Å². The summed E-state index contributed by atoms with van der Waals surface area (Å²) in [7, 11) is 0. The number of amides is 2. The lowest BCUT2D eigenvalue weighted by Gasteiger charge is -2.11. The number of fused-ring (bicyclic) bond motifs is 1. The fourth-order valence-electron chi connectivity index (χ4n) is 3.05. The molecule has 176 valence electrons.